The summed E-state index contributed by atoms with van der Waals surface area (Å²) in [4.78, 5) is 2.41. The van der Waals surface area contributed by atoms with Crippen LogP contribution in [0.3, 0.4) is 0 Å². The molecule has 1 heterocycles. The summed E-state index contributed by atoms with van der Waals surface area (Å²) >= 11 is 0. The zero-order valence-corrected chi connectivity index (χ0v) is 9.48. The summed E-state index contributed by atoms with van der Waals surface area (Å²) in [6.45, 7) is 6.42. The van der Waals surface area contributed by atoms with Crippen LogP contribution in [-0.4, -0.2) is 18.2 Å². The van der Waals surface area contributed by atoms with Crippen LogP contribution in [0.4, 0.5) is 5.69 Å². The molecular weight excluding hydrogens is 186 g/mol. The fourth-order valence-corrected chi connectivity index (χ4v) is 2.13. The first-order valence-electron chi connectivity index (χ1n) is 5.70. The maximum Gasteiger partial charge on any atom is 0.0761 e. The first-order valence-corrected chi connectivity index (χ1v) is 5.70. The van der Waals surface area contributed by atoms with Gasteiger partial charge in [-0.2, -0.15) is 0 Å². The van der Waals surface area contributed by atoms with Gasteiger partial charge in [0, 0.05) is 18.8 Å². The first-order chi connectivity index (χ1) is 7.16. The Bertz CT molecular complexity index is 318. The van der Waals surface area contributed by atoms with E-state index in [-0.39, 0.29) is 6.10 Å². The van der Waals surface area contributed by atoms with Gasteiger partial charge in [-0.3, -0.25) is 0 Å². The van der Waals surface area contributed by atoms with Gasteiger partial charge in [0.05, 0.1) is 6.10 Å². The van der Waals surface area contributed by atoms with Crippen LogP contribution in [0.15, 0.2) is 24.3 Å². The normalized spacial score (nSPS) is 23.1. The van der Waals surface area contributed by atoms with Gasteiger partial charge in [0.15, 0.2) is 0 Å². The number of hydrogen-bond acceptors (Lipinski definition) is 2. The Kier molecular flexibility index (Phi) is 2.96. The second-order valence-corrected chi connectivity index (χ2v) is 4.61. The van der Waals surface area contributed by atoms with Gasteiger partial charge in [-0.15, -0.1) is 0 Å². The van der Waals surface area contributed by atoms with E-state index in [0.29, 0.717) is 0 Å². The van der Waals surface area contributed by atoms with Crippen LogP contribution in [0.2, 0.25) is 0 Å². The van der Waals surface area contributed by atoms with Crippen molar-refractivity contribution in [2.75, 3.05) is 18.0 Å². The number of hydrogen-bond donors (Lipinski definition) is 1. The predicted octanol–water partition coefficient (Wildman–Crippen LogP) is 2.59. The van der Waals surface area contributed by atoms with Gasteiger partial charge in [-0.1, -0.05) is 19.1 Å². The van der Waals surface area contributed by atoms with Gasteiger partial charge < -0.3 is 10.0 Å². The SMILES string of the molecule is CC1CCN(c2ccc(C(C)O)cc2)C1. The molecule has 0 aliphatic carbocycles. The summed E-state index contributed by atoms with van der Waals surface area (Å²) in [7, 11) is 0. The Hall–Kier alpha value is -1.02. The molecule has 0 bridgehead atoms. The van der Waals surface area contributed by atoms with E-state index in [2.05, 4.69) is 24.0 Å². The maximum absolute atomic E-state index is 9.41. The monoisotopic (exact) mass is 205 g/mol. The average molecular weight is 205 g/mol. The lowest BCUT2D eigenvalue weighted by atomic mass is 10.1. The Labute approximate surface area is 91.5 Å². The van der Waals surface area contributed by atoms with Crippen LogP contribution in [0.1, 0.15) is 31.9 Å². The van der Waals surface area contributed by atoms with E-state index < -0.39 is 0 Å². The molecule has 0 spiro atoms. The molecule has 1 fully saturated rings. The Morgan fingerprint density at radius 3 is 2.47 bits per heavy atom. The average Bonchev–Trinajstić information content (AvgIpc) is 2.65. The van der Waals surface area contributed by atoms with Crippen molar-refractivity contribution in [3.05, 3.63) is 29.8 Å². The van der Waals surface area contributed by atoms with Crippen molar-refractivity contribution in [2.45, 2.75) is 26.4 Å². The minimum absolute atomic E-state index is 0.364. The lowest BCUT2D eigenvalue weighted by molar-refractivity contribution is 0.199. The second kappa shape index (κ2) is 4.23. The maximum atomic E-state index is 9.41. The van der Waals surface area contributed by atoms with Crippen LogP contribution < -0.4 is 4.90 Å². The highest BCUT2D eigenvalue weighted by Gasteiger charge is 2.18. The van der Waals surface area contributed by atoms with Crippen molar-refractivity contribution in [1.29, 1.82) is 0 Å². The Morgan fingerprint density at radius 1 is 1.33 bits per heavy atom. The molecule has 82 valence electrons. The predicted molar refractivity (Wildman–Crippen MR) is 63.1 cm³/mol. The Morgan fingerprint density at radius 2 is 2.00 bits per heavy atom. The molecular formula is C13H19NO. The highest BCUT2D eigenvalue weighted by atomic mass is 16.3. The smallest absolute Gasteiger partial charge is 0.0761 e. The minimum Gasteiger partial charge on any atom is -0.389 e. The van der Waals surface area contributed by atoms with E-state index in [9.17, 15) is 5.11 Å². The summed E-state index contributed by atoms with van der Waals surface area (Å²) in [5.41, 5.74) is 2.27. The molecule has 2 heteroatoms. The summed E-state index contributed by atoms with van der Waals surface area (Å²) < 4.78 is 0. The van der Waals surface area contributed by atoms with Gasteiger partial charge in [0.1, 0.15) is 0 Å². The summed E-state index contributed by atoms with van der Waals surface area (Å²) in [6.07, 6.45) is 0.926. The number of anilines is 1. The van der Waals surface area contributed by atoms with E-state index in [4.69, 9.17) is 0 Å². The summed E-state index contributed by atoms with van der Waals surface area (Å²) in [5.74, 6) is 0.807. The second-order valence-electron chi connectivity index (χ2n) is 4.61. The highest BCUT2D eigenvalue weighted by Crippen LogP contribution is 2.24. The van der Waals surface area contributed by atoms with Crippen molar-refractivity contribution in [3.63, 3.8) is 0 Å². The topological polar surface area (TPSA) is 23.5 Å². The van der Waals surface area contributed by atoms with Crippen LogP contribution in [0.25, 0.3) is 0 Å². The Balaban J connectivity index is 2.10. The molecule has 1 aliphatic rings. The molecule has 1 aromatic rings. The quantitative estimate of drug-likeness (QED) is 0.802. The minimum atomic E-state index is -0.364. The number of benzene rings is 1. The number of nitrogens with zero attached hydrogens (tertiary/aromatic N) is 1. The van der Waals surface area contributed by atoms with Crippen LogP contribution >= 0.6 is 0 Å². The van der Waals surface area contributed by atoms with Crippen LogP contribution in [0, 0.1) is 5.92 Å². The molecule has 2 nitrogen and oxygen atoms in total. The van der Waals surface area contributed by atoms with Crippen LogP contribution in [0.5, 0.6) is 0 Å². The molecule has 15 heavy (non-hydrogen) atoms. The fourth-order valence-electron chi connectivity index (χ4n) is 2.13. The highest BCUT2D eigenvalue weighted by molar-refractivity contribution is 5.48. The van der Waals surface area contributed by atoms with E-state index in [1.54, 1.807) is 6.92 Å². The standard InChI is InChI=1S/C13H19NO/c1-10-7-8-14(9-10)13-5-3-12(4-6-13)11(2)15/h3-6,10-11,15H,7-9H2,1-2H3. The fraction of sp³-hybridized carbons (Fsp3) is 0.538. The molecule has 0 aromatic heterocycles. The van der Waals surface area contributed by atoms with E-state index in [1.807, 2.05) is 12.1 Å². The molecule has 1 aromatic carbocycles. The number of aliphatic hydroxyl groups is 1. The zero-order valence-electron chi connectivity index (χ0n) is 9.48. The largest absolute Gasteiger partial charge is 0.389 e. The lowest BCUT2D eigenvalue weighted by Gasteiger charge is -2.18. The molecule has 0 radical (unpaired) electrons. The molecule has 0 amide bonds. The molecule has 1 saturated heterocycles. The van der Waals surface area contributed by atoms with Crippen molar-refractivity contribution < 1.29 is 5.11 Å². The molecule has 2 unspecified atom stereocenters. The van der Waals surface area contributed by atoms with Gasteiger partial charge >= 0.3 is 0 Å². The van der Waals surface area contributed by atoms with Gasteiger partial charge in [-0.05, 0) is 37.0 Å². The first kappa shape index (κ1) is 10.5. The van der Waals surface area contributed by atoms with Crippen molar-refractivity contribution in [3.8, 4) is 0 Å². The molecule has 0 saturated carbocycles. The van der Waals surface area contributed by atoms with Crippen molar-refractivity contribution in [2.24, 2.45) is 5.92 Å². The van der Waals surface area contributed by atoms with Crippen molar-refractivity contribution >= 4 is 5.69 Å². The third-order valence-corrected chi connectivity index (χ3v) is 3.16. The molecule has 2 atom stereocenters. The van der Waals surface area contributed by atoms with Crippen molar-refractivity contribution in [1.82, 2.24) is 0 Å². The third-order valence-electron chi connectivity index (χ3n) is 3.16. The summed E-state index contributed by atoms with van der Waals surface area (Å²) in [6, 6.07) is 8.26. The van der Waals surface area contributed by atoms with Gasteiger partial charge in [0.2, 0.25) is 0 Å². The van der Waals surface area contributed by atoms with Gasteiger partial charge in [-0.25, -0.2) is 0 Å². The van der Waals surface area contributed by atoms with E-state index >= 15 is 0 Å². The number of rotatable bonds is 2. The zero-order chi connectivity index (χ0) is 10.8. The van der Waals surface area contributed by atoms with Crippen LogP contribution in [-0.2, 0) is 0 Å². The third kappa shape index (κ3) is 2.32. The van der Waals surface area contributed by atoms with E-state index in [0.717, 1.165) is 24.6 Å². The number of aliphatic hydroxyl groups excluding tert-OH is 1. The van der Waals surface area contributed by atoms with Gasteiger partial charge in [0.25, 0.3) is 0 Å². The summed E-state index contributed by atoms with van der Waals surface area (Å²) in [5, 5.41) is 9.41. The molecule has 2 rings (SSSR count). The molecule has 1 N–H and O–H groups in total. The van der Waals surface area contributed by atoms with E-state index in [1.165, 1.54) is 12.1 Å². The lowest BCUT2D eigenvalue weighted by Crippen LogP contribution is -2.18. The molecule has 1 aliphatic heterocycles.